The van der Waals surface area contributed by atoms with Crippen LogP contribution in [-0.2, 0) is 18.4 Å². The smallest absolute Gasteiger partial charge is 0.247 e. The Hall–Kier alpha value is 0.741. The predicted octanol–water partition coefficient (Wildman–Crippen LogP) is 7.12. The first kappa shape index (κ1) is 37.7. The van der Waals surface area contributed by atoms with Crippen LogP contribution in [-0.4, -0.2) is 87.2 Å². The van der Waals surface area contributed by atoms with E-state index in [1.54, 1.807) is 6.92 Å². The number of hydrogen-bond donors (Lipinski definition) is 1. The first-order valence-corrected chi connectivity index (χ1v) is 28.3. The van der Waals surface area contributed by atoms with Gasteiger partial charge < -0.3 is 14.2 Å². The van der Waals surface area contributed by atoms with Gasteiger partial charge in [-0.3, -0.25) is 9.59 Å². The number of hydrogen-bond acceptors (Lipinski definition) is 4. The second-order valence-corrected chi connectivity index (χ2v) is 30.7. The van der Waals surface area contributed by atoms with Crippen molar-refractivity contribution in [2.75, 3.05) is 39.4 Å². The minimum Gasteiger partial charge on any atom is -0.456 e. The van der Waals surface area contributed by atoms with Gasteiger partial charge in [0.05, 0.1) is 6.61 Å². The molecule has 0 rings (SSSR count). The van der Waals surface area contributed by atoms with Crippen molar-refractivity contribution in [1.82, 2.24) is 5.32 Å². The van der Waals surface area contributed by atoms with Gasteiger partial charge in [0.2, 0.25) is 5.91 Å². The van der Waals surface area contributed by atoms with Gasteiger partial charge in [-0.2, -0.15) is 0 Å². The number of ketones is 1. The quantitative estimate of drug-likeness (QED) is 0.0603. The zero-order valence-corrected chi connectivity index (χ0v) is 31.6. The molecule has 0 heterocycles. The summed E-state index contributed by atoms with van der Waals surface area (Å²) < 4.78 is 13.0. The maximum atomic E-state index is 12.6. The van der Waals surface area contributed by atoms with Crippen molar-refractivity contribution in [2.45, 2.75) is 101 Å². The lowest BCUT2D eigenvalue weighted by Gasteiger charge is -2.38. The predicted molar refractivity (Wildman–Crippen MR) is 180 cm³/mol. The number of carbonyl (C=O) groups is 2. The van der Waals surface area contributed by atoms with Gasteiger partial charge >= 0.3 is 0 Å². The minimum absolute atomic E-state index is 0.118. The fraction of sp³-hybridized carbons (Fsp3) is 0.846. The highest BCUT2D eigenvalue weighted by molar-refractivity contribution is 7.39. The molecule has 5 nitrogen and oxygen atoms in total. The molecule has 0 aromatic carbocycles. The van der Waals surface area contributed by atoms with Gasteiger partial charge in [0, 0.05) is 32.3 Å². The summed E-state index contributed by atoms with van der Waals surface area (Å²) in [7, 11) is -2.37. The summed E-state index contributed by atoms with van der Waals surface area (Å²) in [5.74, 6) is -0.507. The molecule has 0 aliphatic heterocycles. The number of amides is 1. The normalized spacial score (nSPS) is 15.3. The van der Waals surface area contributed by atoms with Crippen LogP contribution < -0.4 is 5.32 Å². The molecule has 218 valence electrons. The summed E-state index contributed by atoms with van der Waals surface area (Å²) >= 11 is 0. The van der Waals surface area contributed by atoms with Crippen molar-refractivity contribution in [3.8, 4) is 0 Å². The third-order valence-electron chi connectivity index (χ3n) is 6.54. The van der Waals surface area contributed by atoms with E-state index in [0.29, 0.717) is 32.8 Å². The van der Waals surface area contributed by atoms with Gasteiger partial charge in [-0.1, -0.05) is 40.7 Å². The number of Topliss-reactive ketones (excluding diaryl/α,β-unsaturated/α-hetero) is 1. The highest BCUT2D eigenvalue weighted by Gasteiger charge is 2.37. The molecule has 0 spiro atoms. The van der Waals surface area contributed by atoms with Crippen LogP contribution in [0.4, 0.5) is 0 Å². The molecule has 37 heavy (non-hydrogen) atoms. The van der Waals surface area contributed by atoms with Crippen molar-refractivity contribution < 1.29 is 18.4 Å². The van der Waals surface area contributed by atoms with Crippen LogP contribution >= 0.6 is 25.7 Å². The number of carbonyl (C=O) groups excluding carboxylic acids is 2. The number of rotatable bonds is 22. The average Bonchev–Trinajstić information content (AvgIpc) is 2.77. The summed E-state index contributed by atoms with van der Waals surface area (Å²) in [6.45, 7) is 28.0. The molecule has 0 radical (unpaired) electrons. The highest BCUT2D eigenvalue weighted by Crippen LogP contribution is 2.30. The van der Waals surface area contributed by atoms with E-state index < -0.39 is 30.5 Å². The Morgan fingerprint density at radius 3 is 2.14 bits per heavy atom. The van der Waals surface area contributed by atoms with E-state index in [9.17, 15) is 9.59 Å². The maximum Gasteiger partial charge on any atom is 0.247 e. The van der Waals surface area contributed by atoms with Crippen LogP contribution in [0.1, 0.15) is 32.6 Å². The molecule has 11 heteroatoms. The SMILES string of the molecule is C=C(C)C(=O)NC(PC)C(=O)CCC(COCCC[Si](C)(C)O[Si](C)(C)C[Si](C)(C)CCCPC)PC. The van der Waals surface area contributed by atoms with E-state index in [-0.39, 0.29) is 11.7 Å². The largest absolute Gasteiger partial charge is 0.456 e. The Bertz CT molecular complexity index is 709. The molecule has 1 amide bonds. The Morgan fingerprint density at radius 1 is 0.946 bits per heavy atom. The van der Waals surface area contributed by atoms with Crippen molar-refractivity contribution >= 4 is 62.1 Å². The zero-order valence-electron chi connectivity index (χ0n) is 25.6. The summed E-state index contributed by atoms with van der Waals surface area (Å²) in [5.41, 5.74) is 2.21. The molecule has 5 atom stereocenters. The van der Waals surface area contributed by atoms with Crippen LogP contribution in [0.25, 0.3) is 0 Å². The number of nitrogens with one attached hydrogen (secondary N) is 1. The monoisotopic (exact) mass is 625 g/mol. The van der Waals surface area contributed by atoms with Gasteiger partial charge in [0.25, 0.3) is 0 Å². The fourth-order valence-electron chi connectivity index (χ4n) is 4.98. The Balaban J connectivity index is 4.44. The van der Waals surface area contributed by atoms with Crippen LogP contribution in [0.3, 0.4) is 0 Å². The maximum absolute atomic E-state index is 12.6. The molecule has 0 aromatic heterocycles. The Morgan fingerprint density at radius 2 is 1.59 bits per heavy atom. The molecule has 0 bridgehead atoms. The van der Waals surface area contributed by atoms with Gasteiger partial charge in [-0.05, 0) is 83.8 Å². The zero-order chi connectivity index (χ0) is 28.7. The van der Waals surface area contributed by atoms with Gasteiger partial charge in [-0.25, -0.2) is 0 Å². The topological polar surface area (TPSA) is 64.6 Å². The molecule has 1 N–H and O–H groups in total. The summed E-state index contributed by atoms with van der Waals surface area (Å²) in [6, 6.07) is 2.58. The molecule has 0 aromatic rings. The van der Waals surface area contributed by atoms with Crippen molar-refractivity contribution in [1.29, 1.82) is 0 Å². The lowest BCUT2D eigenvalue weighted by Crippen LogP contribution is -2.49. The van der Waals surface area contributed by atoms with E-state index in [4.69, 9.17) is 8.85 Å². The lowest BCUT2D eigenvalue weighted by atomic mass is 10.1. The molecular formula is C26H58NO4P3Si3. The Labute approximate surface area is 237 Å². The van der Waals surface area contributed by atoms with E-state index in [0.717, 1.165) is 42.7 Å². The van der Waals surface area contributed by atoms with Gasteiger partial charge in [0.15, 0.2) is 22.4 Å². The standard InChI is InChI=1S/C26H58NO4P3Si3/c1-22(2)25(29)27-26(34-5)24(28)15-14-23(33-4)20-30-16-12-19-36(8,9)31-37(10,11)21-35(6,7)18-13-17-32-3/h23,26,32-34H,1,12-21H2,2-11H3,(H,27,29). The van der Waals surface area contributed by atoms with E-state index >= 15 is 0 Å². The first-order chi connectivity index (χ1) is 17.1. The lowest BCUT2D eigenvalue weighted by molar-refractivity contribution is -0.124. The molecule has 0 saturated heterocycles. The Kier molecular flexibility index (Phi) is 19.3. The van der Waals surface area contributed by atoms with Crippen LogP contribution in [0.5, 0.6) is 0 Å². The molecular weight excluding hydrogens is 567 g/mol. The molecule has 0 aliphatic carbocycles. The van der Waals surface area contributed by atoms with E-state index in [1.807, 2.05) is 6.66 Å². The number of ether oxygens (including phenoxy) is 1. The molecule has 0 aliphatic rings. The minimum atomic E-state index is -1.71. The average molecular weight is 626 g/mol. The highest BCUT2D eigenvalue weighted by atomic mass is 31.1. The van der Waals surface area contributed by atoms with E-state index in [1.165, 1.54) is 24.3 Å². The molecule has 0 fully saturated rings. The van der Waals surface area contributed by atoms with Crippen molar-refractivity contribution in [2.24, 2.45) is 0 Å². The molecule has 5 unspecified atom stereocenters. The first-order valence-electron chi connectivity index (χ1n) is 13.8. The van der Waals surface area contributed by atoms with Crippen LogP contribution in [0.15, 0.2) is 12.2 Å². The van der Waals surface area contributed by atoms with Crippen molar-refractivity contribution in [3.63, 3.8) is 0 Å². The van der Waals surface area contributed by atoms with Crippen molar-refractivity contribution in [3.05, 3.63) is 12.2 Å². The van der Waals surface area contributed by atoms with E-state index in [2.05, 4.69) is 64.5 Å². The summed E-state index contributed by atoms with van der Waals surface area (Å²) in [4.78, 5) is 24.5. The second-order valence-electron chi connectivity index (χ2n) is 12.3. The van der Waals surface area contributed by atoms with Crippen LogP contribution in [0, 0.1) is 0 Å². The summed E-state index contributed by atoms with van der Waals surface area (Å²) in [6.07, 6.45) is 5.15. The second kappa shape index (κ2) is 19.0. The molecule has 0 saturated carbocycles. The van der Waals surface area contributed by atoms with Crippen LogP contribution in [0.2, 0.25) is 57.0 Å². The van der Waals surface area contributed by atoms with Gasteiger partial charge in [-0.15, -0.1) is 17.2 Å². The fourth-order valence-corrected chi connectivity index (χ4v) is 26.7. The summed E-state index contributed by atoms with van der Waals surface area (Å²) in [5, 5.41) is 2.81. The third kappa shape index (κ3) is 18.7. The van der Waals surface area contributed by atoms with Gasteiger partial charge in [0.1, 0.15) is 5.78 Å². The third-order valence-corrected chi connectivity index (χ3v) is 24.6.